The first-order valence-corrected chi connectivity index (χ1v) is 10.9. The van der Waals surface area contributed by atoms with E-state index in [2.05, 4.69) is 10.3 Å². The van der Waals surface area contributed by atoms with Crippen LogP contribution in [0.3, 0.4) is 0 Å². The van der Waals surface area contributed by atoms with Gasteiger partial charge in [0.05, 0.1) is 24.0 Å². The molecule has 0 aliphatic heterocycles. The zero-order chi connectivity index (χ0) is 18.8. The van der Waals surface area contributed by atoms with Gasteiger partial charge in [-0.05, 0) is 50.3 Å². The second-order valence-corrected chi connectivity index (χ2v) is 8.58. The Kier molecular flexibility index (Phi) is 5.31. The molecule has 0 radical (unpaired) electrons. The first kappa shape index (κ1) is 18.3. The van der Waals surface area contributed by atoms with Crippen LogP contribution in [0.2, 0.25) is 0 Å². The predicted molar refractivity (Wildman–Crippen MR) is 111 cm³/mol. The van der Waals surface area contributed by atoms with Gasteiger partial charge in [0, 0.05) is 4.88 Å². The van der Waals surface area contributed by atoms with Crippen LogP contribution >= 0.6 is 22.7 Å². The van der Waals surface area contributed by atoms with Crippen LogP contribution in [0.1, 0.15) is 47.0 Å². The first-order valence-electron chi connectivity index (χ1n) is 9.23. The molecular weight excluding hydrogens is 380 g/mol. The van der Waals surface area contributed by atoms with E-state index in [9.17, 15) is 4.79 Å². The van der Waals surface area contributed by atoms with Crippen LogP contribution in [0, 0.1) is 0 Å². The minimum atomic E-state index is -0.238. The summed E-state index contributed by atoms with van der Waals surface area (Å²) in [6.07, 6.45) is 5.47. The number of carbonyl (C=O) groups is 1. The molecule has 3 aromatic rings. The van der Waals surface area contributed by atoms with E-state index >= 15 is 0 Å². The molecule has 1 aliphatic rings. The van der Waals surface area contributed by atoms with Crippen molar-refractivity contribution in [2.24, 2.45) is 0 Å². The van der Waals surface area contributed by atoms with Crippen LogP contribution in [0.5, 0.6) is 5.75 Å². The first-order chi connectivity index (χ1) is 13.2. The number of fused-ring (bicyclic) bond motifs is 2. The van der Waals surface area contributed by atoms with Crippen LogP contribution < -0.4 is 10.1 Å². The average molecular weight is 403 g/mol. The van der Waals surface area contributed by atoms with Gasteiger partial charge in [-0.1, -0.05) is 23.8 Å². The molecule has 1 aromatic carbocycles. The summed E-state index contributed by atoms with van der Waals surface area (Å²) >= 11 is 3.23. The number of nitrogens with one attached hydrogen (secondary N) is 1. The molecule has 2 heterocycles. The molecule has 27 heavy (non-hydrogen) atoms. The lowest BCUT2D eigenvalue weighted by Crippen LogP contribution is -2.09. The third-order valence-electron chi connectivity index (χ3n) is 4.72. The zero-order valence-corrected chi connectivity index (χ0v) is 17.1. The van der Waals surface area contributed by atoms with Gasteiger partial charge in [-0.25, -0.2) is 9.78 Å². The van der Waals surface area contributed by atoms with Gasteiger partial charge in [-0.3, -0.25) is 0 Å². The standard InChI is InChI=1S/C20H22N2O3S2/c1-3-25-19(23)16-12-8-5-4-6-10-14(12)26-18(16)22-20-21-17-13(24-2)9-7-11-15(17)27-20/h7,9,11H,3-6,8,10H2,1-2H3,(H,21,22). The smallest absolute Gasteiger partial charge is 0.341 e. The van der Waals surface area contributed by atoms with Gasteiger partial charge < -0.3 is 14.8 Å². The summed E-state index contributed by atoms with van der Waals surface area (Å²) in [5.74, 6) is 0.516. The molecule has 0 saturated carbocycles. The second-order valence-electron chi connectivity index (χ2n) is 6.44. The molecule has 1 N–H and O–H groups in total. The Hall–Kier alpha value is -2.12. The SMILES string of the molecule is CCOC(=O)c1c(Nc2nc3c(OC)cccc3s2)sc2c1CCCCC2. The van der Waals surface area contributed by atoms with Gasteiger partial charge in [0.1, 0.15) is 16.3 Å². The minimum Gasteiger partial charge on any atom is -0.494 e. The second kappa shape index (κ2) is 7.86. The number of benzene rings is 1. The number of hydrogen-bond acceptors (Lipinski definition) is 7. The molecule has 142 valence electrons. The van der Waals surface area contributed by atoms with Gasteiger partial charge >= 0.3 is 5.97 Å². The van der Waals surface area contributed by atoms with Crippen LogP contribution in [0.25, 0.3) is 10.2 Å². The van der Waals surface area contributed by atoms with Crippen LogP contribution in [-0.2, 0) is 17.6 Å². The maximum Gasteiger partial charge on any atom is 0.341 e. The number of nitrogens with zero attached hydrogens (tertiary/aromatic N) is 1. The molecule has 7 heteroatoms. The lowest BCUT2D eigenvalue weighted by Gasteiger charge is -2.07. The molecule has 0 unspecified atom stereocenters. The highest BCUT2D eigenvalue weighted by atomic mass is 32.1. The number of thiophene rings is 1. The van der Waals surface area contributed by atoms with Crippen LogP contribution in [0.15, 0.2) is 18.2 Å². The van der Waals surface area contributed by atoms with Crippen molar-refractivity contribution >= 4 is 49.0 Å². The molecule has 1 aliphatic carbocycles. The van der Waals surface area contributed by atoms with Gasteiger partial charge in [0.15, 0.2) is 5.13 Å². The summed E-state index contributed by atoms with van der Waals surface area (Å²) in [5, 5.41) is 5.01. The molecular formula is C20H22N2O3S2. The average Bonchev–Trinajstić information content (AvgIpc) is 3.14. The normalized spacial score (nSPS) is 13.9. The molecule has 0 saturated heterocycles. The fraction of sp³-hybridized carbons (Fsp3) is 0.400. The Morgan fingerprint density at radius 2 is 2.07 bits per heavy atom. The third kappa shape index (κ3) is 3.53. The van der Waals surface area contributed by atoms with Crippen molar-refractivity contribution in [2.45, 2.75) is 39.0 Å². The Bertz CT molecular complexity index is 977. The van der Waals surface area contributed by atoms with Gasteiger partial charge in [0.2, 0.25) is 0 Å². The highest BCUT2D eigenvalue weighted by molar-refractivity contribution is 7.23. The Balaban J connectivity index is 1.74. The molecule has 5 nitrogen and oxygen atoms in total. The number of esters is 1. The van der Waals surface area contributed by atoms with Crippen molar-refractivity contribution in [1.82, 2.24) is 4.98 Å². The zero-order valence-electron chi connectivity index (χ0n) is 15.5. The van der Waals surface area contributed by atoms with Crippen molar-refractivity contribution in [3.8, 4) is 5.75 Å². The van der Waals surface area contributed by atoms with E-state index in [1.807, 2.05) is 25.1 Å². The van der Waals surface area contributed by atoms with Crippen LogP contribution in [-0.4, -0.2) is 24.7 Å². The van der Waals surface area contributed by atoms with Crippen molar-refractivity contribution in [3.05, 3.63) is 34.2 Å². The summed E-state index contributed by atoms with van der Waals surface area (Å²) in [4.78, 5) is 18.7. The fourth-order valence-electron chi connectivity index (χ4n) is 3.49. The highest BCUT2D eigenvalue weighted by Crippen LogP contribution is 2.41. The lowest BCUT2D eigenvalue weighted by molar-refractivity contribution is 0.0527. The van der Waals surface area contributed by atoms with E-state index in [1.54, 1.807) is 29.8 Å². The highest BCUT2D eigenvalue weighted by Gasteiger charge is 2.26. The van der Waals surface area contributed by atoms with Crippen LogP contribution in [0.4, 0.5) is 10.1 Å². The topological polar surface area (TPSA) is 60.5 Å². The molecule has 0 spiro atoms. The van der Waals surface area contributed by atoms with Crippen molar-refractivity contribution in [2.75, 3.05) is 19.0 Å². The summed E-state index contributed by atoms with van der Waals surface area (Å²) in [6.45, 7) is 2.22. The van der Waals surface area contributed by atoms with E-state index in [0.29, 0.717) is 12.2 Å². The number of ether oxygens (including phenoxy) is 2. The molecule has 4 rings (SSSR count). The maximum absolute atomic E-state index is 12.7. The minimum absolute atomic E-state index is 0.238. The van der Waals surface area contributed by atoms with Crippen molar-refractivity contribution < 1.29 is 14.3 Å². The van der Waals surface area contributed by atoms with Gasteiger partial charge in [-0.2, -0.15) is 0 Å². The van der Waals surface area contributed by atoms with Gasteiger partial charge in [-0.15, -0.1) is 11.3 Å². The lowest BCUT2D eigenvalue weighted by atomic mass is 10.1. The number of thiazole rings is 1. The number of methoxy groups -OCH3 is 1. The molecule has 0 amide bonds. The number of para-hydroxylation sites is 1. The third-order valence-corrected chi connectivity index (χ3v) is 6.87. The number of aromatic nitrogens is 1. The quantitative estimate of drug-likeness (QED) is 0.447. The summed E-state index contributed by atoms with van der Waals surface area (Å²) in [6, 6.07) is 5.89. The van der Waals surface area contributed by atoms with E-state index in [-0.39, 0.29) is 5.97 Å². The van der Waals surface area contributed by atoms with Crippen molar-refractivity contribution in [3.63, 3.8) is 0 Å². The summed E-state index contributed by atoms with van der Waals surface area (Å²) in [5.41, 5.74) is 2.70. The molecule has 0 atom stereocenters. The van der Waals surface area contributed by atoms with Gasteiger partial charge in [0.25, 0.3) is 0 Å². The Morgan fingerprint density at radius 1 is 1.22 bits per heavy atom. The fourth-order valence-corrected chi connectivity index (χ4v) is 5.72. The number of aryl methyl sites for hydroxylation is 1. The Labute approximate surface area is 166 Å². The Morgan fingerprint density at radius 3 is 2.89 bits per heavy atom. The van der Waals surface area contributed by atoms with E-state index in [1.165, 1.54) is 17.7 Å². The number of hydrogen-bond donors (Lipinski definition) is 1. The molecule has 0 fully saturated rings. The predicted octanol–water partition coefficient (Wildman–Crippen LogP) is 5.56. The van der Waals surface area contributed by atoms with E-state index in [4.69, 9.17) is 9.47 Å². The molecule has 2 aromatic heterocycles. The van der Waals surface area contributed by atoms with Crippen molar-refractivity contribution in [1.29, 1.82) is 0 Å². The monoisotopic (exact) mass is 402 g/mol. The number of anilines is 2. The van der Waals surface area contributed by atoms with E-state index in [0.717, 1.165) is 50.9 Å². The largest absolute Gasteiger partial charge is 0.494 e. The van der Waals surface area contributed by atoms with E-state index < -0.39 is 0 Å². The summed E-state index contributed by atoms with van der Waals surface area (Å²) in [7, 11) is 1.65. The number of carbonyl (C=O) groups excluding carboxylic acids is 1. The maximum atomic E-state index is 12.7. The summed E-state index contributed by atoms with van der Waals surface area (Å²) < 4.78 is 11.8. The number of rotatable bonds is 5. The molecule has 0 bridgehead atoms.